The molecule has 0 saturated carbocycles. The van der Waals surface area contributed by atoms with Gasteiger partial charge in [-0.2, -0.15) is 4.98 Å². The fraction of sp³-hybridized carbons (Fsp3) is 0.407. The van der Waals surface area contributed by atoms with Crippen molar-refractivity contribution in [3.63, 3.8) is 0 Å². The van der Waals surface area contributed by atoms with Gasteiger partial charge in [-0.3, -0.25) is 4.90 Å². The van der Waals surface area contributed by atoms with E-state index in [0.717, 1.165) is 69.4 Å². The van der Waals surface area contributed by atoms with Crippen LogP contribution in [0.25, 0.3) is 0 Å². The summed E-state index contributed by atoms with van der Waals surface area (Å²) in [5.41, 5.74) is 4.78. The van der Waals surface area contributed by atoms with Crippen molar-refractivity contribution >= 4 is 5.95 Å². The number of aryl methyl sites for hydroxylation is 1. The van der Waals surface area contributed by atoms with Gasteiger partial charge in [-0.05, 0) is 31.7 Å². The quantitative estimate of drug-likeness (QED) is 0.554. The number of hydrogen-bond donors (Lipinski definition) is 0. The Morgan fingerprint density at radius 1 is 0.912 bits per heavy atom. The lowest BCUT2D eigenvalue weighted by atomic mass is 10.0. The minimum absolute atomic E-state index is 0.636. The van der Waals surface area contributed by atoms with Gasteiger partial charge in [0.15, 0.2) is 11.5 Å². The number of ether oxygens (including phenoxy) is 2. The molecule has 3 heterocycles. The monoisotopic (exact) mass is 459 g/mol. The average Bonchev–Trinajstić information content (AvgIpc) is 2.85. The Balaban J connectivity index is 1.46. The van der Waals surface area contributed by atoms with Crippen LogP contribution in [0, 0.1) is 6.92 Å². The van der Waals surface area contributed by atoms with E-state index in [1.807, 2.05) is 24.3 Å². The number of nitrogens with zero attached hydrogens (tertiary/aromatic N) is 5. The van der Waals surface area contributed by atoms with E-state index in [1.54, 1.807) is 7.11 Å². The lowest BCUT2D eigenvalue weighted by molar-refractivity contribution is 0.237. The highest BCUT2D eigenvalue weighted by molar-refractivity contribution is 5.47. The summed E-state index contributed by atoms with van der Waals surface area (Å²) in [5.74, 6) is 2.77. The first-order valence-corrected chi connectivity index (χ1v) is 12.0. The van der Waals surface area contributed by atoms with Gasteiger partial charge >= 0.3 is 0 Å². The van der Waals surface area contributed by atoms with Crippen LogP contribution in [0.1, 0.15) is 22.4 Å². The standard InChI is InChI=1S/C27H33N5O2/c1-20-7-6-8-21(17-20)18-31-12-11-23-22(19-31)26(34-25-10-5-4-9-24(25)33-3)29-27(28-23)32-15-13-30(2)14-16-32/h4-10,17H,11-16,18-19H2,1-3H3. The summed E-state index contributed by atoms with van der Waals surface area (Å²) in [4.78, 5) is 17.0. The fourth-order valence-electron chi connectivity index (χ4n) is 4.67. The Morgan fingerprint density at radius 3 is 2.47 bits per heavy atom. The lowest BCUT2D eigenvalue weighted by Crippen LogP contribution is -2.45. The van der Waals surface area contributed by atoms with Gasteiger partial charge in [0.1, 0.15) is 0 Å². The van der Waals surface area contributed by atoms with Crippen LogP contribution in [0.2, 0.25) is 0 Å². The molecule has 0 bridgehead atoms. The summed E-state index contributed by atoms with van der Waals surface area (Å²) in [5, 5.41) is 0. The van der Waals surface area contributed by atoms with E-state index in [4.69, 9.17) is 19.4 Å². The molecule has 2 aromatic carbocycles. The molecule has 5 rings (SSSR count). The predicted molar refractivity (Wildman–Crippen MR) is 134 cm³/mol. The third-order valence-corrected chi connectivity index (χ3v) is 6.64. The van der Waals surface area contributed by atoms with Gasteiger partial charge in [0, 0.05) is 52.2 Å². The molecule has 0 radical (unpaired) electrons. The Labute approximate surface area is 201 Å². The van der Waals surface area contributed by atoms with Crippen molar-refractivity contribution < 1.29 is 9.47 Å². The number of fused-ring (bicyclic) bond motifs is 1. The summed E-state index contributed by atoms with van der Waals surface area (Å²) in [7, 11) is 3.82. The van der Waals surface area contributed by atoms with E-state index in [-0.39, 0.29) is 0 Å². The highest BCUT2D eigenvalue weighted by Gasteiger charge is 2.27. The molecule has 1 fully saturated rings. The zero-order valence-electron chi connectivity index (χ0n) is 20.3. The molecular weight excluding hydrogens is 426 g/mol. The maximum Gasteiger partial charge on any atom is 0.229 e. The molecule has 0 spiro atoms. The molecule has 3 aromatic rings. The number of anilines is 1. The van der Waals surface area contributed by atoms with Crippen LogP contribution in [0.15, 0.2) is 48.5 Å². The third kappa shape index (κ3) is 5.00. The molecule has 0 N–H and O–H groups in total. The maximum atomic E-state index is 6.43. The van der Waals surface area contributed by atoms with Gasteiger partial charge in [0.2, 0.25) is 11.8 Å². The van der Waals surface area contributed by atoms with Crippen LogP contribution in [-0.2, 0) is 19.5 Å². The van der Waals surface area contributed by atoms with Gasteiger partial charge in [-0.25, -0.2) is 4.98 Å². The highest BCUT2D eigenvalue weighted by Crippen LogP contribution is 2.35. The molecule has 1 saturated heterocycles. The van der Waals surface area contributed by atoms with Crippen molar-refractivity contribution in [1.29, 1.82) is 0 Å². The number of piperazine rings is 1. The molecule has 7 nitrogen and oxygen atoms in total. The van der Waals surface area contributed by atoms with Crippen LogP contribution in [0.4, 0.5) is 5.95 Å². The molecule has 0 amide bonds. The number of rotatable bonds is 6. The van der Waals surface area contributed by atoms with Crippen molar-refractivity contribution in [2.45, 2.75) is 26.4 Å². The molecule has 0 atom stereocenters. The SMILES string of the molecule is COc1ccccc1Oc1nc(N2CCN(C)CC2)nc2c1CN(Cc1cccc(C)c1)CC2. The zero-order valence-corrected chi connectivity index (χ0v) is 20.3. The minimum Gasteiger partial charge on any atom is -0.493 e. The second-order valence-corrected chi connectivity index (χ2v) is 9.25. The van der Waals surface area contributed by atoms with Crippen molar-refractivity contribution in [1.82, 2.24) is 19.8 Å². The third-order valence-electron chi connectivity index (χ3n) is 6.64. The Bertz CT molecular complexity index is 1140. The molecule has 2 aliphatic rings. The Kier molecular flexibility index (Phi) is 6.65. The largest absolute Gasteiger partial charge is 0.493 e. The van der Waals surface area contributed by atoms with Crippen LogP contribution in [0.5, 0.6) is 17.4 Å². The summed E-state index contributed by atoms with van der Waals surface area (Å²) >= 11 is 0. The first-order chi connectivity index (χ1) is 16.6. The first kappa shape index (κ1) is 22.6. The van der Waals surface area contributed by atoms with Gasteiger partial charge in [0.25, 0.3) is 0 Å². The van der Waals surface area contributed by atoms with Gasteiger partial charge in [-0.1, -0.05) is 42.0 Å². The van der Waals surface area contributed by atoms with E-state index in [1.165, 1.54) is 11.1 Å². The minimum atomic E-state index is 0.636. The fourth-order valence-corrected chi connectivity index (χ4v) is 4.67. The van der Waals surface area contributed by atoms with E-state index < -0.39 is 0 Å². The van der Waals surface area contributed by atoms with Crippen LogP contribution in [0.3, 0.4) is 0 Å². The van der Waals surface area contributed by atoms with Crippen molar-refractivity contribution in [3.8, 4) is 17.4 Å². The number of benzene rings is 2. The summed E-state index contributed by atoms with van der Waals surface area (Å²) in [6, 6.07) is 16.5. The second-order valence-electron chi connectivity index (χ2n) is 9.25. The van der Waals surface area contributed by atoms with E-state index in [9.17, 15) is 0 Å². The maximum absolute atomic E-state index is 6.43. The van der Waals surface area contributed by atoms with E-state index in [2.05, 4.69) is 52.9 Å². The summed E-state index contributed by atoms with van der Waals surface area (Å²) < 4.78 is 12.0. The first-order valence-electron chi connectivity index (χ1n) is 12.0. The Hall–Kier alpha value is -3.16. The Morgan fingerprint density at radius 2 is 1.71 bits per heavy atom. The number of para-hydroxylation sites is 2. The lowest BCUT2D eigenvalue weighted by Gasteiger charge is -2.34. The van der Waals surface area contributed by atoms with Crippen molar-refractivity contribution in [2.24, 2.45) is 0 Å². The average molecular weight is 460 g/mol. The molecular formula is C27H33N5O2. The summed E-state index contributed by atoms with van der Waals surface area (Å²) in [6.07, 6.45) is 0.882. The molecule has 2 aliphatic heterocycles. The molecule has 7 heteroatoms. The molecule has 1 aromatic heterocycles. The molecule has 178 valence electrons. The number of likely N-dealkylation sites (N-methyl/N-ethyl adjacent to an activating group) is 1. The van der Waals surface area contributed by atoms with E-state index >= 15 is 0 Å². The predicted octanol–water partition coefficient (Wildman–Crippen LogP) is 3.90. The smallest absolute Gasteiger partial charge is 0.229 e. The number of methoxy groups -OCH3 is 1. The number of hydrogen-bond acceptors (Lipinski definition) is 7. The van der Waals surface area contributed by atoms with Gasteiger partial charge in [-0.15, -0.1) is 0 Å². The van der Waals surface area contributed by atoms with Crippen LogP contribution in [-0.4, -0.2) is 66.6 Å². The second kappa shape index (κ2) is 9.99. The van der Waals surface area contributed by atoms with Crippen LogP contribution >= 0.6 is 0 Å². The normalized spacial score (nSPS) is 16.9. The van der Waals surface area contributed by atoms with Crippen molar-refractivity contribution in [2.75, 3.05) is 51.8 Å². The molecule has 34 heavy (non-hydrogen) atoms. The molecule has 0 aliphatic carbocycles. The van der Waals surface area contributed by atoms with Crippen LogP contribution < -0.4 is 14.4 Å². The van der Waals surface area contributed by atoms with Gasteiger partial charge < -0.3 is 19.3 Å². The van der Waals surface area contributed by atoms with Gasteiger partial charge in [0.05, 0.1) is 18.4 Å². The topological polar surface area (TPSA) is 54.0 Å². The molecule has 0 unspecified atom stereocenters. The highest BCUT2D eigenvalue weighted by atomic mass is 16.5. The number of aromatic nitrogens is 2. The van der Waals surface area contributed by atoms with Crippen molar-refractivity contribution in [3.05, 3.63) is 70.9 Å². The zero-order chi connectivity index (χ0) is 23.5. The van der Waals surface area contributed by atoms with E-state index in [0.29, 0.717) is 17.4 Å². The summed E-state index contributed by atoms with van der Waals surface area (Å²) in [6.45, 7) is 8.62.